The third kappa shape index (κ3) is 3.27. The van der Waals surface area contributed by atoms with Gasteiger partial charge in [0, 0.05) is 32.6 Å². The molecule has 0 bridgehead atoms. The lowest BCUT2D eigenvalue weighted by molar-refractivity contribution is -0.139. The number of fused-ring (bicyclic) bond motifs is 1. The van der Waals surface area contributed by atoms with Gasteiger partial charge in [-0.15, -0.1) is 0 Å². The van der Waals surface area contributed by atoms with E-state index in [0.717, 1.165) is 32.6 Å². The van der Waals surface area contributed by atoms with E-state index in [9.17, 15) is 9.59 Å². The van der Waals surface area contributed by atoms with E-state index >= 15 is 0 Å². The van der Waals surface area contributed by atoms with E-state index in [-0.39, 0.29) is 23.6 Å². The summed E-state index contributed by atoms with van der Waals surface area (Å²) in [5, 5.41) is 0. The summed E-state index contributed by atoms with van der Waals surface area (Å²) < 4.78 is 8.02. The van der Waals surface area contributed by atoms with Crippen molar-refractivity contribution in [3.8, 4) is 5.69 Å². The van der Waals surface area contributed by atoms with E-state index < -0.39 is 0 Å². The number of ether oxygens (including phenoxy) is 1. The topological polar surface area (TPSA) is 48.3 Å². The Morgan fingerprint density at radius 1 is 1.25 bits per heavy atom. The third-order valence-electron chi connectivity index (χ3n) is 4.40. The van der Waals surface area contributed by atoms with Gasteiger partial charge >= 0.3 is 5.97 Å². The van der Waals surface area contributed by atoms with Gasteiger partial charge in [0.05, 0.1) is 13.5 Å². The smallest absolute Gasteiger partial charge is 0.311 e. The Kier molecular flexibility index (Phi) is 4.55. The van der Waals surface area contributed by atoms with E-state index in [2.05, 4.69) is 41.0 Å². The molecule has 3 rings (SSSR count). The Morgan fingerprint density at radius 3 is 2.54 bits per heavy atom. The second-order valence-corrected chi connectivity index (χ2v) is 8.25. The van der Waals surface area contributed by atoms with Gasteiger partial charge in [0.2, 0.25) is 0 Å². The highest BCUT2D eigenvalue weighted by atomic mass is 127. The fraction of sp³-hybridized carbons (Fsp3) is 0.368. The summed E-state index contributed by atoms with van der Waals surface area (Å²) in [6.45, 7) is 4.22. The first-order chi connectivity index (χ1) is 11.3. The highest BCUT2D eigenvalue weighted by molar-refractivity contribution is 14.1. The molecular formula is C19H20INO3. The molecule has 0 atom stereocenters. The van der Waals surface area contributed by atoms with Gasteiger partial charge in [0.15, 0.2) is 5.78 Å². The van der Waals surface area contributed by atoms with Crippen molar-refractivity contribution in [1.82, 2.24) is 4.57 Å². The molecule has 1 aromatic carbocycles. The van der Waals surface area contributed by atoms with Crippen molar-refractivity contribution in [2.45, 2.75) is 33.1 Å². The van der Waals surface area contributed by atoms with Crippen molar-refractivity contribution in [2.75, 3.05) is 7.11 Å². The normalized spacial score (nSPS) is 15.9. The summed E-state index contributed by atoms with van der Waals surface area (Å²) in [5.74, 6) is -0.153. The SMILES string of the molecule is COC(=O)Cc1cc2c(n1-c1ccc(I)cc1)CC(C)(C)CC2=O. The van der Waals surface area contributed by atoms with Crippen LogP contribution in [0.15, 0.2) is 30.3 Å². The predicted octanol–water partition coefficient (Wildman–Crippen LogP) is 3.95. The molecule has 0 fully saturated rings. The zero-order chi connectivity index (χ0) is 17.5. The standard InChI is InChI=1S/C19H20INO3/c1-19(2)10-16-15(17(22)11-19)8-14(9-18(23)24-3)21(16)13-6-4-12(20)5-7-13/h4-8H,9-11H2,1-3H3. The maximum atomic E-state index is 12.6. The third-order valence-corrected chi connectivity index (χ3v) is 5.12. The molecule has 0 spiro atoms. The zero-order valence-electron chi connectivity index (χ0n) is 14.1. The highest BCUT2D eigenvalue weighted by Gasteiger charge is 2.35. The van der Waals surface area contributed by atoms with Crippen LogP contribution in [0.25, 0.3) is 5.69 Å². The minimum absolute atomic E-state index is 0.0775. The highest BCUT2D eigenvalue weighted by Crippen LogP contribution is 2.37. The monoisotopic (exact) mass is 437 g/mol. The summed E-state index contributed by atoms with van der Waals surface area (Å²) in [6.07, 6.45) is 1.50. The Bertz CT molecular complexity index is 803. The maximum Gasteiger partial charge on any atom is 0.311 e. The van der Waals surface area contributed by atoms with Crippen molar-refractivity contribution < 1.29 is 14.3 Å². The number of nitrogens with zero attached hydrogens (tertiary/aromatic N) is 1. The Balaban J connectivity index is 2.18. The zero-order valence-corrected chi connectivity index (χ0v) is 16.2. The number of esters is 1. The van der Waals surface area contributed by atoms with Crippen molar-refractivity contribution >= 4 is 34.3 Å². The molecule has 5 heteroatoms. The lowest BCUT2D eigenvalue weighted by Gasteiger charge is -2.30. The molecule has 0 N–H and O–H groups in total. The number of methoxy groups -OCH3 is 1. The van der Waals surface area contributed by atoms with Gasteiger partial charge in [-0.3, -0.25) is 9.59 Å². The van der Waals surface area contributed by atoms with Crippen molar-refractivity contribution in [3.05, 3.63) is 50.9 Å². The van der Waals surface area contributed by atoms with E-state index in [4.69, 9.17) is 4.74 Å². The number of halogens is 1. The van der Waals surface area contributed by atoms with Gasteiger partial charge < -0.3 is 9.30 Å². The number of Topliss-reactive ketones (excluding diaryl/α,β-unsaturated/α-hetero) is 1. The van der Waals surface area contributed by atoms with Crippen LogP contribution in [0.4, 0.5) is 0 Å². The minimum Gasteiger partial charge on any atom is -0.469 e. The van der Waals surface area contributed by atoms with Crippen LogP contribution in [0.3, 0.4) is 0 Å². The Hall–Kier alpha value is -1.63. The van der Waals surface area contributed by atoms with Gasteiger partial charge in [0.25, 0.3) is 0 Å². The lowest BCUT2D eigenvalue weighted by Crippen LogP contribution is -2.28. The van der Waals surface area contributed by atoms with Crippen molar-refractivity contribution in [1.29, 1.82) is 0 Å². The Morgan fingerprint density at radius 2 is 1.92 bits per heavy atom. The maximum absolute atomic E-state index is 12.6. The molecule has 24 heavy (non-hydrogen) atoms. The van der Waals surface area contributed by atoms with Gasteiger partial charge in [-0.1, -0.05) is 13.8 Å². The van der Waals surface area contributed by atoms with Crippen LogP contribution < -0.4 is 0 Å². The quantitative estimate of drug-likeness (QED) is 0.540. The van der Waals surface area contributed by atoms with E-state index in [1.165, 1.54) is 7.11 Å². The number of carbonyl (C=O) groups excluding carboxylic acids is 2. The van der Waals surface area contributed by atoms with Gasteiger partial charge in [-0.2, -0.15) is 0 Å². The van der Waals surface area contributed by atoms with Crippen LogP contribution in [-0.2, 0) is 22.4 Å². The number of ketones is 1. The largest absolute Gasteiger partial charge is 0.469 e. The van der Waals surface area contributed by atoms with E-state index in [0.29, 0.717) is 6.42 Å². The van der Waals surface area contributed by atoms with Gasteiger partial charge in [-0.05, 0) is 64.8 Å². The number of benzene rings is 1. The van der Waals surface area contributed by atoms with Crippen LogP contribution in [-0.4, -0.2) is 23.4 Å². The number of rotatable bonds is 3. The fourth-order valence-corrected chi connectivity index (χ4v) is 3.69. The number of hydrogen-bond acceptors (Lipinski definition) is 3. The number of hydrogen-bond donors (Lipinski definition) is 0. The van der Waals surface area contributed by atoms with Crippen LogP contribution >= 0.6 is 22.6 Å². The molecule has 0 aliphatic heterocycles. The molecule has 126 valence electrons. The molecule has 0 amide bonds. The van der Waals surface area contributed by atoms with Crippen LogP contribution in [0.5, 0.6) is 0 Å². The molecule has 0 saturated carbocycles. The van der Waals surface area contributed by atoms with E-state index in [1.54, 1.807) is 0 Å². The minimum atomic E-state index is -0.302. The summed E-state index contributed by atoms with van der Waals surface area (Å²) in [6, 6.07) is 9.96. The summed E-state index contributed by atoms with van der Waals surface area (Å²) in [4.78, 5) is 24.4. The number of aromatic nitrogens is 1. The van der Waals surface area contributed by atoms with Crippen LogP contribution in [0.1, 0.15) is 42.0 Å². The first kappa shape index (κ1) is 17.2. The second-order valence-electron chi connectivity index (χ2n) is 7.00. The first-order valence-corrected chi connectivity index (χ1v) is 8.98. The fourth-order valence-electron chi connectivity index (χ4n) is 3.33. The summed E-state index contributed by atoms with van der Waals surface area (Å²) in [7, 11) is 1.38. The second kappa shape index (κ2) is 6.35. The molecule has 2 aromatic rings. The molecule has 0 unspecified atom stereocenters. The molecule has 1 aliphatic carbocycles. The molecule has 1 heterocycles. The average molecular weight is 437 g/mol. The Labute approximate surface area is 155 Å². The predicted molar refractivity (Wildman–Crippen MR) is 101 cm³/mol. The molecular weight excluding hydrogens is 417 g/mol. The summed E-state index contributed by atoms with van der Waals surface area (Å²) >= 11 is 2.26. The van der Waals surface area contributed by atoms with Crippen LogP contribution in [0, 0.1) is 8.99 Å². The molecule has 4 nitrogen and oxygen atoms in total. The van der Waals surface area contributed by atoms with Crippen molar-refractivity contribution in [2.24, 2.45) is 5.41 Å². The van der Waals surface area contributed by atoms with Crippen molar-refractivity contribution in [3.63, 3.8) is 0 Å². The molecule has 1 aromatic heterocycles. The van der Waals surface area contributed by atoms with Gasteiger partial charge in [0.1, 0.15) is 0 Å². The summed E-state index contributed by atoms with van der Waals surface area (Å²) in [5.41, 5.74) is 3.44. The molecule has 0 saturated heterocycles. The number of carbonyl (C=O) groups is 2. The molecule has 0 radical (unpaired) electrons. The van der Waals surface area contributed by atoms with Gasteiger partial charge in [-0.25, -0.2) is 0 Å². The lowest BCUT2D eigenvalue weighted by atomic mass is 9.76. The first-order valence-electron chi connectivity index (χ1n) is 7.90. The average Bonchev–Trinajstić information content (AvgIpc) is 2.85. The van der Waals surface area contributed by atoms with Crippen LogP contribution in [0.2, 0.25) is 0 Å². The molecule has 1 aliphatic rings. The van der Waals surface area contributed by atoms with E-state index in [1.807, 2.05) is 30.3 Å².